The predicted octanol–water partition coefficient (Wildman–Crippen LogP) is 1.98. The van der Waals surface area contributed by atoms with Crippen molar-refractivity contribution in [2.24, 2.45) is 5.41 Å². The van der Waals surface area contributed by atoms with Gasteiger partial charge < -0.3 is 5.32 Å². The van der Waals surface area contributed by atoms with Gasteiger partial charge in [-0.1, -0.05) is 20.8 Å². The standard InChI is InChI=1S/C8H18FN/c1-8(2,3)5-7(9)6-10-4/h7,10H,5-6H2,1-4H3. The third-order valence-corrected chi connectivity index (χ3v) is 1.26. The van der Waals surface area contributed by atoms with Crippen molar-refractivity contribution in [2.45, 2.75) is 33.4 Å². The van der Waals surface area contributed by atoms with Gasteiger partial charge in [0.2, 0.25) is 0 Å². The summed E-state index contributed by atoms with van der Waals surface area (Å²) in [4.78, 5) is 0. The smallest absolute Gasteiger partial charge is 0.113 e. The van der Waals surface area contributed by atoms with Gasteiger partial charge in [-0.2, -0.15) is 0 Å². The molecule has 1 atom stereocenters. The van der Waals surface area contributed by atoms with Crippen LogP contribution in [0.4, 0.5) is 4.39 Å². The van der Waals surface area contributed by atoms with Crippen molar-refractivity contribution >= 4 is 0 Å². The topological polar surface area (TPSA) is 12.0 Å². The maximum absolute atomic E-state index is 12.8. The molecule has 0 aromatic carbocycles. The van der Waals surface area contributed by atoms with Crippen molar-refractivity contribution in [3.8, 4) is 0 Å². The van der Waals surface area contributed by atoms with Gasteiger partial charge >= 0.3 is 0 Å². The lowest BCUT2D eigenvalue weighted by Gasteiger charge is -2.20. The first-order valence-corrected chi connectivity index (χ1v) is 3.74. The molecule has 0 amide bonds. The Kier molecular flexibility index (Phi) is 3.87. The van der Waals surface area contributed by atoms with Gasteiger partial charge in [0.05, 0.1) is 0 Å². The molecular formula is C8H18FN. The van der Waals surface area contributed by atoms with Gasteiger partial charge in [0, 0.05) is 6.54 Å². The Morgan fingerprint density at radius 1 is 1.40 bits per heavy atom. The van der Waals surface area contributed by atoms with Crippen LogP contribution in [-0.2, 0) is 0 Å². The SMILES string of the molecule is CNCC(F)CC(C)(C)C. The summed E-state index contributed by atoms with van der Waals surface area (Å²) in [7, 11) is 1.77. The van der Waals surface area contributed by atoms with Crippen LogP contribution in [0.25, 0.3) is 0 Å². The molecule has 0 aromatic rings. The third-order valence-electron chi connectivity index (χ3n) is 1.26. The Bertz CT molecular complexity index is 85.7. The number of nitrogens with one attached hydrogen (secondary N) is 1. The zero-order valence-corrected chi connectivity index (χ0v) is 7.37. The van der Waals surface area contributed by atoms with Crippen LogP contribution in [-0.4, -0.2) is 19.8 Å². The molecule has 1 N–H and O–H groups in total. The monoisotopic (exact) mass is 147 g/mol. The molecule has 0 heterocycles. The van der Waals surface area contributed by atoms with Crippen molar-refractivity contribution in [2.75, 3.05) is 13.6 Å². The third kappa shape index (κ3) is 6.02. The van der Waals surface area contributed by atoms with Crippen LogP contribution in [0.15, 0.2) is 0 Å². The zero-order valence-electron chi connectivity index (χ0n) is 7.37. The first-order chi connectivity index (χ1) is 4.45. The number of halogens is 1. The highest BCUT2D eigenvalue weighted by Gasteiger charge is 2.16. The molecule has 1 unspecified atom stereocenters. The molecule has 0 aliphatic carbocycles. The fourth-order valence-corrected chi connectivity index (χ4v) is 0.958. The molecule has 0 spiro atoms. The van der Waals surface area contributed by atoms with E-state index in [2.05, 4.69) is 26.1 Å². The first-order valence-electron chi connectivity index (χ1n) is 3.74. The van der Waals surface area contributed by atoms with E-state index in [0.717, 1.165) is 0 Å². The maximum atomic E-state index is 12.8. The van der Waals surface area contributed by atoms with Crippen LogP contribution in [0, 0.1) is 5.41 Å². The van der Waals surface area contributed by atoms with E-state index in [-0.39, 0.29) is 5.41 Å². The molecule has 0 aromatic heterocycles. The summed E-state index contributed by atoms with van der Waals surface area (Å²) in [5.74, 6) is 0. The van der Waals surface area contributed by atoms with Crippen LogP contribution in [0.3, 0.4) is 0 Å². The molecule has 62 valence electrons. The van der Waals surface area contributed by atoms with E-state index in [1.54, 1.807) is 7.05 Å². The highest BCUT2D eigenvalue weighted by Crippen LogP contribution is 2.21. The van der Waals surface area contributed by atoms with Crippen molar-refractivity contribution in [1.29, 1.82) is 0 Å². The summed E-state index contributed by atoms with van der Waals surface area (Å²) in [6, 6.07) is 0. The van der Waals surface area contributed by atoms with E-state index >= 15 is 0 Å². The molecule has 0 bridgehead atoms. The molecule has 0 saturated carbocycles. The minimum Gasteiger partial charge on any atom is -0.317 e. The molecule has 0 aliphatic heterocycles. The van der Waals surface area contributed by atoms with Crippen molar-refractivity contribution in [3.63, 3.8) is 0 Å². The minimum atomic E-state index is -0.704. The summed E-state index contributed by atoms with van der Waals surface area (Å²) < 4.78 is 12.8. The van der Waals surface area contributed by atoms with Gasteiger partial charge in [0.25, 0.3) is 0 Å². The Labute approximate surface area is 63.0 Å². The highest BCUT2D eigenvalue weighted by atomic mass is 19.1. The van der Waals surface area contributed by atoms with Crippen molar-refractivity contribution in [3.05, 3.63) is 0 Å². The van der Waals surface area contributed by atoms with Crippen molar-refractivity contribution in [1.82, 2.24) is 5.32 Å². The number of hydrogen-bond acceptors (Lipinski definition) is 1. The minimum absolute atomic E-state index is 0.107. The lowest BCUT2D eigenvalue weighted by molar-refractivity contribution is 0.222. The van der Waals surface area contributed by atoms with Crippen molar-refractivity contribution < 1.29 is 4.39 Å². The largest absolute Gasteiger partial charge is 0.317 e. The summed E-state index contributed by atoms with van der Waals surface area (Å²) in [6.45, 7) is 6.62. The molecule has 0 radical (unpaired) electrons. The highest BCUT2D eigenvalue weighted by molar-refractivity contribution is 4.69. The second-order valence-corrected chi connectivity index (χ2v) is 3.92. The van der Waals surface area contributed by atoms with Crippen LogP contribution in [0.2, 0.25) is 0 Å². The van der Waals surface area contributed by atoms with Gasteiger partial charge in [-0.25, -0.2) is 4.39 Å². The number of hydrogen-bond donors (Lipinski definition) is 1. The average molecular weight is 147 g/mol. The van der Waals surface area contributed by atoms with Crippen LogP contribution in [0.1, 0.15) is 27.2 Å². The Morgan fingerprint density at radius 3 is 2.20 bits per heavy atom. The fourth-order valence-electron chi connectivity index (χ4n) is 0.958. The van der Waals surface area contributed by atoms with E-state index in [1.165, 1.54) is 0 Å². The summed E-state index contributed by atoms with van der Waals surface area (Å²) in [5.41, 5.74) is 0.107. The molecule has 2 heteroatoms. The Morgan fingerprint density at radius 2 is 1.90 bits per heavy atom. The molecule has 0 rings (SSSR count). The maximum Gasteiger partial charge on any atom is 0.113 e. The zero-order chi connectivity index (χ0) is 8.20. The van der Waals surface area contributed by atoms with Gasteiger partial charge in [0.15, 0.2) is 0 Å². The second kappa shape index (κ2) is 3.91. The molecule has 0 fully saturated rings. The van der Waals surface area contributed by atoms with E-state index in [0.29, 0.717) is 13.0 Å². The van der Waals surface area contributed by atoms with Crippen LogP contribution in [0.5, 0.6) is 0 Å². The van der Waals surface area contributed by atoms with Gasteiger partial charge in [-0.05, 0) is 18.9 Å². The quantitative estimate of drug-likeness (QED) is 0.643. The number of rotatable bonds is 3. The average Bonchev–Trinajstić information content (AvgIpc) is 1.59. The van der Waals surface area contributed by atoms with Crippen LogP contribution >= 0.6 is 0 Å². The van der Waals surface area contributed by atoms with E-state index in [9.17, 15) is 4.39 Å². The summed E-state index contributed by atoms with van der Waals surface area (Å²) in [6.07, 6.45) is -0.0709. The molecule has 0 aliphatic rings. The Hall–Kier alpha value is -0.110. The normalized spacial score (nSPS) is 15.3. The molecular weight excluding hydrogens is 129 g/mol. The summed E-state index contributed by atoms with van der Waals surface area (Å²) >= 11 is 0. The fraction of sp³-hybridized carbons (Fsp3) is 1.00. The lowest BCUT2D eigenvalue weighted by Crippen LogP contribution is -2.24. The lowest BCUT2D eigenvalue weighted by atomic mass is 9.90. The van der Waals surface area contributed by atoms with Crippen LogP contribution < -0.4 is 5.32 Å². The molecule has 0 saturated heterocycles. The van der Waals surface area contributed by atoms with E-state index in [4.69, 9.17) is 0 Å². The first kappa shape index (κ1) is 9.89. The second-order valence-electron chi connectivity index (χ2n) is 3.92. The van der Waals surface area contributed by atoms with Gasteiger partial charge in [0.1, 0.15) is 6.17 Å². The van der Waals surface area contributed by atoms with E-state index in [1.807, 2.05) is 0 Å². The predicted molar refractivity (Wildman–Crippen MR) is 42.9 cm³/mol. The summed E-state index contributed by atoms with van der Waals surface area (Å²) in [5, 5.41) is 2.82. The number of alkyl halides is 1. The molecule has 1 nitrogen and oxygen atoms in total. The van der Waals surface area contributed by atoms with Gasteiger partial charge in [-0.15, -0.1) is 0 Å². The Balaban J connectivity index is 3.47. The van der Waals surface area contributed by atoms with E-state index < -0.39 is 6.17 Å². The molecule has 10 heavy (non-hydrogen) atoms. The van der Waals surface area contributed by atoms with Gasteiger partial charge in [-0.3, -0.25) is 0 Å².